The molecule has 0 bridgehead atoms. The quantitative estimate of drug-likeness (QED) is 0.769. The number of hydrogen-bond acceptors (Lipinski definition) is 4. The number of piperidine rings is 1. The van der Waals surface area contributed by atoms with Gasteiger partial charge in [0.15, 0.2) is 0 Å². The Balaban J connectivity index is 1.31. The fraction of sp³-hybridized carbons (Fsp3) is 0.333. The van der Waals surface area contributed by atoms with E-state index in [1.807, 2.05) is 35.1 Å². The first-order chi connectivity index (χ1) is 12.8. The molecule has 3 heterocycles. The topological polar surface area (TPSA) is 54.2 Å². The molecule has 0 unspecified atom stereocenters. The van der Waals surface area contributed by atoms with E-state index in [0.29, 0.717) is 5.92 Å². The molecule has 0 aliphatic carbocycles. The van der Waals surface area contributed by atoms with Crippen molar-refractivity contribution in [3.05, 3.63) is 78.4 Å². The minimum Gasteiger partial charge on any atom is -0.387 e. The van der Waals surface area contributed by atoms with Crippen molar-refractivity contribution in [3.63, 3.8) is 0 Å². The standard InChI is InChI=1S/C21H24N4O/c26-21(20-4-1-2-11-22-20)18-9-14-24(15-10-18)16-17-5-7-19(8-6-17)25-13-3-12-23-25/h1-8,11-13,18,21,26H,9-10,14-16H2/t21-/m0/s1. The number of nitrogens with zero attached hydrogens (tertiary/aromatic N) is 4. The minimum absolute atomic E-state index is 0.295. The maximum absolute atomic E-state index is 10.6. The molecule has 5 heteroatoms. The molecule has 1 aliphatic heterocycles. The molecule has 1 N–H and O–H groups in total. The lowest BCUT2D eigenvalue weighted by Crippen LogP contribution is -2.35. The fourth-order valence-electron chi connectivity index (χ4n) is 3.65. The molecule has 1 fully saturated rings. The van der Waals surface area contributed by atoms with Crippen molar-refractivity contribution in [2.45, 2.75) is 25.5 Å². The van der Waals surface area contributed by atoms with Gasteiger partial charge in [0.05, 0.1) is 17.5 Å². The van der Waals surface area contributed by atoms with Crippen LogP contribution in [0.1, 0.15) is 30.2 Å². The van der Waals surface area contributed by atoms with Gasteiger partial charge in [-0.3, -0.25) is 9.88 Å². The lowest BCUT2D eigenvalue weighted by molar-refractivity contribution is 0.0540. The Hall–Kier alpha value is -2.50. The summed E-state index contributed by atoms with van der Waals surface area (Å²) in [6.45, 7) is 2.97. The molecular formula is C21H24N4O. The molecule has 1 aliphatic rings. The Morgan fingerprint density at radius 3 is 2.46 bits per heavy atom. The van der Waals surface area contributed by atoms with Gasteiger partial charge < -0.3 is 5.11 Å². The van der Waals surface area contributed by atoms with E-state index in [4.69, 9.17) is 0 Å². The molecule has 2 aromatic heterocycles. The number of aliphatic hydroxyl groups is 1. The summed E-state index contributed by atoms with van der Waals surface area (Å²) in [5.41, 5.74) is 3.18. The van der Waals surface area contributed by atoms with Crippen LogP contribution in [-0.4, -0.2) is 37.9 Å². The number of aromatic nitrogens is 3. The van der Waals surface area contributed by atoms with Crippen LogP contribution in [0.3, 0.4) is 0 Å². The normalized spacial score (nSPS) is 17.3. The summed E-state index contributed by atoms with van der Waals surface area (Å²) in [4.78, 5) is 6.76. The number of rotatable bonds is 5. The van der Waals surface area contributed by atoms with Crippen molar-refractivity contribution in [3.8, 4) is 5.69 Å². The number of pyridine rings is 1. The van der Waals surface area contributed by atoms with E-state index in [2.05, 4.69) is 39.2 Å². The molecule has 1 atom stereocenters. The van der Waals surface area contributed by atoms with Gasteiger partial charge in [0, 0.05) is 25.1 Å². The first kappa shape index (κ1) is 16.9. The maximum Gasteiger partial charge on any atom is 0.0988 e. The summed E-state index contributed by atoms with van der Waals surface area (Å²) in [6.07, 6.45) is 7.04. The Labute approximate surface area is 153 Å². The zero-order valence-corrected chi connectivity index (χ0v) is 14.8. The molecule has 1 aromatic carbocycles. The summed E-state index contributed by atoms with van der Waals surface area (Å²) in [5.74, 6) is 0.295. The van der Waals surface area contributed by atoms with Gasteiger partial charge in [-0.2, -0.15) is 5.10 Å². The van der Waals surface area contributed by atoms with Crippen LogP contribution in [0.2, 0.25) is 0 Å². The highest BCUT2D eigenvalue weighted by Gasteiger charge is 2.26. The van der Waals surface area contributed by atoms with Gasteiger partial charge in [-0.25, -0.2) is 4.68 Å². The monoisotopic (exact) mass is 348 g/mol. The number of likely N-dealkylation sites (tertiary alicyclic amines) is 1. The average Bonchev–Trinajstić information content (AvgIpc) is 3.24. The third-order valence-electron chi connectivity index (χ3n) is 5.18. The highest BCUT2D eigenvalue weighted by molar-refractivity contribution is 5.33. The van der Waals surface area contributed by atoms with Gasteiger partial charge in [0.25, 0.3) is 0 Å². The van der Waals surface area contributed by atoms with Crippen molar-refractivity contribution >= 4 is 0 Å². The molecule has 1 saturated heterocycles. The van der Waals surface area contributed by atoms with E-state index in [9.17, 15) is 5.11 Å². The minimum atomic E-state index is -0.452. The third kappa shape index (κ3) is 3.84. The second-order valence-corrected chi connectivity index (χ2v) is 6.93. The Morgan fingerprint density at radius 1 is 1.00 bits per heavy atom. The van der Waals surface area contributed by atoms with E-state index in [-0.39, 0.29) is 0 Å². The predicted octanol–water partition coefficient (Wildman–Crippen LogP) is 3.21. The van der Waals surface area contributed by atoms with Crippen molar-refractivity contribution < 1.29 is 5.11 Å². The van der Waals surface area contributed by atoms with Crippen LogP contribution in [0, 0.1) is 5.92 Å². The molecular weight excluding hydrogens is 324 g/mol. The first-order valence-corrected chi connectivity index (χ1v) is 9.20. The van der Waals surface area contributed by atoms with E-state index < -0.39 is 6.10 Å². The van der Waals surface area contributed by atoms with Crippen LogP contribution < -0.4 is 0 Å². The summed E-state index contributed by atoms with van der Waals surface area (Å²) < 4.78 is 1.87. The highest BCUT2D eigenvalue weighted by atomic mass is 16.3. The van der Waals surface area contributed by atoms with Gasteiger partial charge in [-0.15, -0.1) is 0 Å². The Morgan fingerprint density at radius 2 is 1.81 bits per heavy atom. The average molecular weight is 348 g/mol. The molecule has 0 saturated carbocycles. The van der Waals surface area contributed by atoms with E-state index >= 15 is 0 Å². The van der Waals surface area contributed by atoms with Crippen LogP contribution in [0.5, 0.6) is 0 Å². The van der Waals surface area contributed by atoms with Crippen molar-refractivity contribution in [2.75, 3.05) is 13.1 Å². The number of benzene rings is 1. The second-order valence-electron chi connectivity index (χ2n) is 6.93. The van der Waals surface area contributed by atoms with Crippen molar-refractivity contribution in [1.82, 2.24) is 19.7 Å². The SMILES string of the molecule is O[C@H](c1ccccn1)C1CCN(Cc2ccc(-n3cccn3)cc2)CC1. The summed E-state index contributed by atoms with van der Waals surface area (Å²) in [7, 11) is 0. The molecule has 26 heavy (non-hydrogen) atoms. The van der Waals surface area contributed by atoms with E-state index in [1.165, 1.54) is 5.56 Å². The van der Waals surface area contributed by atoms with Gasteiger partial charge in [-0.1, -0.05) is 18.2 Å². The number of hydrogen-bond donors (Lipinski definition) is 1. The lowest BCUT2D eigenvalue weighted by Gasteiger charge is -2.34. The van der Waals surface area contributed by atoms with Crippen LogP contribution in [-0.2, 0) is 6.54 Å². The smallest absolute Gasteiger partial charge is 0.0988 e. The zero-order chi connectivity index (χ0) is 17.8. The fourth-order valence-corrected chi connectivity index (χ4v) is 3.65. The van der Waals surface area contributed by atoms with Crippen LogP contribution in [0.25, 0.3) is 5.69 Å². The Bertz CT molecular complexity index is 794. The molecule has 134 valence electrons. The molecule has 5 nitrogen and oxygen atoms in total. The second kappa shape index (κ2) is 7.81. The van der Waals surface area contributed by atoms with Gasteiger partial charge in [0.2, 0.25) is 0 Å². The highest BCUT2D eigenvalue weighted by Crippen LogP contribution is 2.30. The molecule has 0 radical (unpaired) electrons. The maximum atomic E-state index is 10.6. The summed E-state index contributed by atoms with van der Waals surface area (Å²) in [5, 5.41) is 14.8. The molecule has 0 amide bonds. The zero-order valence-electron chi connectivity index (χ0n) is 14.8. The lowest BCUT2D eigenvalue weighted by atomic mass is 9.89. The predicted molar refractivity (Wildman–Crippen MR) is 101 cm³/mol. The van der Waals surface area contributed by atoms with Gasteiger partial charge in [0.1, 0.15) is 0 Å². The molecule has 3 aromatic rings. The third-order valence-corrected chi connectivity index (χ3v) is 5.18. The summed E-state index contributed by atoms with van der Waals surface area (Å²) >= 11 is 0. The Kier molecular flexibility index (Phi) is 5.09. The van der Waals surface area contributed by atoms with Crippen molar-refractivity contribution in [2.24, 2.45) is 5.92 Å². The number of aliphatic hydroxyl groups excluding tert-OH is 1. The van der Waals surface area contributed by atoms with Gasteiger partial charge in [-0.05, 0) is 67.7 Å². The molecule has 0 spiro atoms. The van der Waals surface area contributed by atoms with Crippen molar-refractivity contribution in [1.29, 1.82) is 0 Å². The van der Waals surface area contributed by atoms with Gasteiger partial charge >= 0.3 is 0 Å². The van der Waals surface area contributed by atoms with E-state index in [0.717, 1.165) is 43.9 Å². The largest absolute Gasteiger partial charge is 0.387 e. The van der Waals surface area contributed by atoms with Crippen LogP contribution >= 0.6 is 0 Å². The first-order valence-electron chi connectivity index (χ1n) is 9.20. The van der Waals surface area contributed by atoms with E-state index in [1.54, 1.807) is 12.4 Å². The summed E-state index contributed by atoms with van der Waals surface area (Å²) in [6, 6.07) is 16.2. The molecule has 4 rings (SSSR count). The van der Waals surface area contributed by atoms with Crippen LogP contribution in [0.15, 0.2) is 67.1 Å². The van der Waals surface area contributed by atoms with Crippen LogP contribution in [0.4, 0.5) is 0 Å².